The van der Waals surface area contributed by atoms with Gasteiger partial charge in [0.2, 0.25) is 0 Å². The molecule has 6 nitrogen and oxygen atoms in total. The number of hydrogen-bond donors (Lipinski definition) is 0. The molecule has 42 heavy (non-hydrogen) atoms. The van der Waals surface area contributed by atoms with Crippen molar-refractivity contribution in [3.8, 4) is 0 Å². The van der Waals surface area contributed by atoms with Gasteiger partial charge in [-0.05, 0) is 165 Å². The van der Waals surface area contributed by atoms with E-state index in [1.165, 1.54) is 0 Å². The van der Waals surface area contributed by atoms with Crippen LogP contribution < -0.4 is 16.7 Å². The van der Waals surface area contributed by atoms with Gasteiger partial charge in [0.25, 0.3) is 16.7 Å². The van der Waals surface area contributed by atoms with Crippen LogP contribution in [0.4, 0.5) is 0 Å². The maximum atomic E-state index is 14.1. The summed E-state index contributed by atoms with van der Waals surface area (Å²) in [6.07, 6.45) is 0. The molecule has 9 heteroatoms. The molecule has 6 bridgehead atoms. The standard InChI is InChI=1S/C33H36Br3N3O3/c1-31(2,3)37-19-10-13-23(25(34)16-19)29(41)39(33(7,8)9)21-12-15-24(27(36)18-21)30(42)38(32(4,5)6)20-11-14-22(28(37)40)26(35)17-20/h10-18H,1-9H3. The van der Waals surface area contributed by atoms with Crippen LogP contribution in [0.15, 0.2) is 82.4 Å². The van der Waals surface area contributed by atoms with Crippen LogP contribution in [0.25, 0.3) is 32.7 Å². The first-order valence-electron chi connectivity index (χ1n) is 13.7. The molecule has 0 aliphatic rings. The fourth-order valence-electron chi connectivity index (χ4n) is 5.24. The number of nitrogens with zero attached hydrogens (tertiary/aromatic N) is 3. The van der Waals surface area contributed by atoms with Crippen LogP contribution in [0.1, 0.15) is 62.3 Å². The van der Waals surface area contributed by atoms with Gasteiger partial charge in [-0.25, -0.2) is 0 Å². The SMILES string of the molecule is CC(C)(C)n1c(=O)c2ccc(cc2Br)n(C(C)(C)C)c(=O)c2ccc(cc2Br)n(C(C)(C)C)c(=O)c2ccc1cc2Br. The minimum Gasteiger partial charge on any atom is -0.303 e. The van der Waals surface area contributed by atoms with Gasteiger partial charge < -0.3 is 13.7 Å². The molecule has 0 aliphatic heterocycles. The predicted molar refractivity (Wildman–Crippen MR) is 186 cm³/mol. The first-order chi connectivity index (χ1) is 19.2. The summed E-state index contributed by atoms with van der Waals surface area (Å²) in [6, 6.07) is 16.2. The fraction of sp³-hybridized carbons (Fsp3) is 0.364. The third kappa shape index (κ3) is 6.10. The van der Waals surface area contributed by atoms with Crippen molar-refractivity contribution in [3.05, 3.63) is 99.1 Å². The number of halogens is 3. The van der Waals surface area contributed by atoms with Crippen LogP contribution in [-0.4, -0.2) is 13.7 Å². The molecule has 0 fully saturated rings. The molecule has 4 aromatic heterocycles. The largest absolute Gasteiger partial charge is 0.303 e. The summed E-state index contributed by atoms with van der Waals surface area (Å²) in [4.78, 5) is 42.4. The number of aromatic nitrogens is 3. The van der Waals surface area contributed by atoms with Crippen molar-refractivity contribution in [2.45, 2.75) is 78.9 Å². The second-order valence-corrected chi connectivity index (χ2v) is 16.0. The summed E-state index contributed by atoms with van der Waals surface area (Å²) in [5.41, 5.74) is -0.448. The zero-order valence-corrected chi connectivity index (χ0v) is 30.2. The zero-order valence-electron chi connectivity index (χ0n) is 25.4. The molecule has 0 unspecified atom stereocenters. The van der Waals surface area contributed by atoms with Gasteiger partial charge >= 0.3 is 0 Å². The lowest BCUT2D eigenvalue weighted by molar-refractivity contribution is 0.399. The van der Waals surface area contributed by atoms with Crippen LogP contribution in [0.5, 0.6) is 0 Å². The van der Waals surface area contributed by atoms with E-state index >= 15 is 0 Å². The van der Waals surface area contributed by atoms with Gasteiger partial charge in [0.05, 0.1) is 16.2 Å². The Morgan fingerprint density at radius 1 is 0.429 bits per heavy atom. The minimum absolute atomic E-state index is 0.212. The molecule has 0 saturated carbocycles. The molecule has 7 rings (SSSR count). The second kappa shape index (κ2) is 11.2. The number of benzene rings is 3. The Balaban J connectivity index is 2.47. The Kier molecular flexibility index (Phi) is 8.66. The first-order valence-corrected chi connectivity index (χ1v) is 16.0. The number of fused-ring (bicyclic) bond motifs is 3. The van der Waals surface area contributed by atoms with E-state index in [1.807, 2.05) is 98.7 Å². The van der Waals surface area contributed by atoms with E-state index in [4.69, 9.17) is 0 Å². The lowest BCUT2D eigenvalue weighted by Crippen LogP contribution is -2.34. The summed E-state index contributed by atoms with van der Waals surface area (Å²) in [6.45, 7) is 17.7. The minimum atomic E-state index is -0.584. The third-order valence-corrected chi connectivity index (χ3v) is 8.91. The van der Waals surface area contributed by atoms with Crippen LogP contribution in [0.3, 0.4) is 0 Å². The highest BCUT2D eigenvalue weighted by Crippen LogP contribution is 2.26. The van der Waals surface area contributed by atoms with E-state index in [2.05, 4.69) is 47.8 Å². The lowest BCUT2D eigenvalue weighted by atomic mass is 10.1. The van der Waals surface area contributed by atoms with E-state index in [9.17, 15) is 14.4 Å². The molecule has 0 amide bonds. The van der Waals surface area contributed by atoms with Gasteiger partial charge in [0, 0.05) is 46.6 Å². The quantitative estimate of drug-likeness (QED) is 0.180. The van der Waals surface area contributed by atoms with E-state index in [0.717, 1.165) is 0 Å². The van der Waals surface area contributed by atoms with Gasteiger partial charge in [-0.1, -0.05) is 0 Å². The topological polar surface area (TPSA) is 66.0 Å². The van der Waals surface area contributed by atoms with E-state index in [1.54, 1.807) is 31.9 Å². The second-order valence-electron chi connectivity index (χ2n) is 13.4. The predicted octanol–water partition coefficient (Wildman–Crippen LogP) is 8.87. The van der Waals surface area contributed by atoms with E-state index in [0.29, 0.717) is 46.1 Å². The molecule has 4 heterocycles. The monoisotopic (exact) mass is 759 g/mol. The highest BCUT2D eigenvalue weighted by Gasteiger charge is 2.21. The Morgan fingerprint density at radius 3 is 0.810 bits per heavy atom. The normalized spacial score (nSPS) is 12.6. The third-order valence-electron chi connectivity index (χ3n) is 6.95. The van der Waals surface area contributed by atoms with Crippen molar-refractivity contribution in [2.75, 3.05) is 0 Å². The van der Waals surface area contributed by atoms with Crippen molar-refractivity contribution in [3.63, 3.8) is 0 Å². The van der Waals surface area contributed by atoms with Crippen molar-refractivity contribution in [1.82, 2.24) is 13.7 Å². The first kappa shape index (κ1) is 32.4. The van der Waals surface area contributed by atoms with Crippen molar-refractivity contribution in [2.24, 2.45) is 0 Å². The van der Waals surface area contributed by atoms with Gasteiger partial charge in [0.1, 0.15) is 0 Å². The Bertz CT molecular complexity index is 1800. The van der Waals surface area contributed by atoms with Crippen LogP contribution in [0.2, 0.25) is 0 Å². The summed E-state index contributed by atoms with van der Waals surface area (Å²) < 4.78 is 6.88. The summed E-state index contributed by atoms with van der Waals surface area (Å²) in [5.74, 6) is 0. The van der Waals surface area contributed by atoms with Gasteiger partial charge in [-0.2, -0.15) is 0 Å². The maximum Gasteiger partial charge on any atom is 0.259 e. The Hall–Kier alpha value is -2.49. The molecular formula is C33H36Br3N3O3. The molecule has 0 saturated heterocycles. The van der Waals surface area contributed by atoms with Crippen LogP contribution >= 0.6 is 47.8 Å². The average Bonchev–Trinajstić information content (AvgIpc) is 2.81. The molecule has 3 aromatic carbocycles. The Morgan fingerprint density at radius 2 is 0.643 bits per heavy atom. The van der Waals surface area contributed by atoms with Crippen LogP contribution in [-0.2, 0) is 16.6 Å². The molecule has 0 radical (unpaired) electrons. The van der Waals surface area contributed by atoms with Gasteiger partial charge in [-0.15, -0.1) is 0 Å². The van der Waals surface area contributed by atoms with Gasteiger partial charge in [-0.3, -0.25) is 14.4 Å². The number of hydrogen-bond acceptors (Lipinski definition) is 3. The van der Waals surface area contributed by atoms with Crippen molar-refractivity contribution in [1.29, 1.82) is 0 Å². The van der Waals surface area contributed by atoms with E-state index < -0.39 is 16.6 Å². The molecule has 0 atom stereocenters. The molecule has 0 aliphatic carbocycles. The summed E-state index contributed by atoms with van der Waals surface area (Å²) >= 11 is 10.9. The fourth-order valence-corrected chi connectivity index (χ4v) is 6.85. The van der Waals surface area contributed by atoms with Crippen molar-refractivity contribution >= 4 is 80.5 Å². The molecular weight excluding hydrogens is 726 g/mol. The summed E-state index contributed by atoms with van der Waals surface area (Å²) in [7, 11) is 0. The molecule has 0 spiro atoms. The smallest absolute Gasteiger partial charge is 0.259 e. The highest BCUT2D eigenvalue weighted by atomic mass is 79.9. The highest BCUT2D eigenvalue weighted by molar-refractivity contribution is 9.11. The van der Waals surface area contributed by atoms with Gasteiger partial charge in [0.15, 0.2) is 0 Å². The summed E-state index contributed by atoms with van der Waals surface area (Å²) in [5, 5.41) is 1.37. The molecule has 222 valence electrons. The average molecular weight is 762 g/mol. The molecule has 7 aromatic rings. The maximum absolute atomic E-state index is 14.1. The van der Waals surface area contributed by atoms with Crippen LogP contribution in [0, 0.1) is 0 Å². The zero-order chi connectivity index (χ0) is 31.5. The lowest BCUT2D eigenvalue weighted by Gasteiger charge is -2.25. The number of rotatable bonds is 0. The molecule has 0 N–H and O–H groups in total. The van der Waals surface area contributed by atoms with E-state index in [-0.39, 0.29) is 16.7 Å². The Labute approximate surface area is 270 Å². The van der Waals surface area contributed by atoms with Crippen molar-refractivity contribution < 1.29 is 0 Å².